The minimum Gasteiger partial charge on any atom is -0.341 e. The van der Waals surface area contributed by atoms with E-state index in [0.717, 1.165) is 35.6 Å². The Morgan fingerprint density at radius 3 is 1.14 bits per heavy atom. The number of hydrogen-bond donors (Lipinski definition) is 2. The third-order valence-corrected chi connectivity index (χ3v) is 13.8. The van der Waals surface area contributed by atoms with Crippen LogP contribution >= 0.6 is 0 Å². The van der Waals surface area contributed by atoms with Crippen molar-refractivity contribution < 1.29 is 37.1 Å². The molecular weight excluding hydrogens is 970 g/mol. The molecule has 0 bridgehead atoms. The molecule has 76 heavy (non-hydrogen) atoms. The molecule has 0 unspecified atom stereocenters. The summed E-state index contributed by atoms with van der Waals surface area (Å²) >= 11 is 0. The van der Waals surface area contributed by atoms with Gasteiger partial charge in [-0.2, -0.15) is 13.2 Å². The normalized spacial score (nSPS) is 17.9. The van der Waals surface area contributed by atoms with Crippen molar-refractivity contribution in [1.82, 2.24) is 24.9 Å². The number of benzene rings is 6. The number of rotatable bonds is 15. The minimum atomic E-state index is -5.05. The number of amides is 5. The summed E-state index contributed by atoms with van der Waals surface area (Å²) in [6.07, 6.45) is -5.05. The molecule has 0 aliphatic carbocycles. The van der Waals surface area contributed by atoms with Gasteiger partial charge in [0.25, 0.3) is 0 Å². The summed E-state index contributed by atoms with van der Waals surface area (Å²) in [6, 6.07) is 54.1. The number of nitrogens with two attached hydrogens (primary N) is 1. The van der Waals surface area contributed by atoms with Crippen LogP contribution in [0.1, 0.15) is 70.7 Å². The maximum absolute atomic E-state index is 13.9. The molecule has 8 rings (SSSR count). The SMILES string of the molecule is C[C@@H]1CN(C(=O)N(Cc2ccc(C(=O)CN)cc2)c2ccccc2)C[C@H](C)N1Cc1ccccc1.C[C@@H]1CN(C(=O)N(Cc2ccc(C(=O)CNC(=O)C(F)(F)F)cc2)c2ccccc2)C[C@H](C)N1Cc1ccccc1. The number of hydrogen-bond acceptors (Lipinski definition) is 8. The summed E-state index contributed by atoms with van der Waals surface area (Å²) in [4.78, 5) is 75.2. The van der Waals surface area contributed by atoms with Crippen molar-refractivity contribution in [3.63, 3.8) is 0 Å². The molecule has 2 heterocycles. The quantitative estimate of drug-likeness (QED) is 0.0969. The summed E-state index contributed by atoms with van der Waals surface area (Å²) in [7, 11) is 0. The number of ketones is 2. The van der Waals surface area contributed by atoms with Crippen LogP contribution in [-0.2, 0) is 31.0 Å². The molecule has 6 aromatic carbocycles. The molecule has 5 amide bonds. The van der Waals surface area contributed by atoms with Crippen molar-refractivity contribution in [3.8, 4) is 0 Å². The van der Waals surface area contributed by atoms with E-state index in [0.29, 0.717) is 38.3 Å². The van der Waals surface area contributed by atoms with Crippen molar-refractivity contribution >= 4 is 40.9 Å². The van der Waals surface area contributed by atoms with Gasteiger partial charge < -0.3 is 20.9 Å². The van der Waals surface area contributed by atoms with Gasteiger partial charge in [-0.1, -0.05) is 146 Å². The highest BCUT2D eigenvalue weighted by Crippen LogP contribution is 2.27. The van der Waals surface area contributed by atoms with Crippen LogP contribution < -0.4 is 20.9 Å². The predicted octanol–water partition coefficient (Wildman–Crippen LogP) is 9.82. The van der Waals surface area contributed by atoms with Gasteiger partial charge in [0, 0.05) is 85.9 Å². The van der Waals surface area contributed by atoms with Crippen LogP contribution in [0.3, 0.4) is 0 Å². The fourth-order valence-corrected chi connectivity index (χ4v) is 9.77. The van der Waals surface area contributed by atoms with E-state index in [9.17, 15) is 37.1 Å². The number of Topliss-reactive ketones (excluding diaryl/α,β-unsaturated/α-hetero) is 2. The highest BCUT2D eigenvalue weighted by Gasteiger charge is 2.39. The van der Waals surface area contributed by atoms with Crippen LogP contribution in [0.15, 0.2) is 170 Å². The fourth-order valence-electron chi connectivity index (χ4n) is 9.77. The lowest BCUT2D eigenvalue weighted by atomic mass is 10.1. The zero-order valence-corrected chi connectivity index (χ0v) is 43.5. The molecule has 398 valence electrons. The third kappa shape index (κ3) is 15.0. The second-order valence-corrected chi connectivity index (χ2v) is 19.6. The van der Waals surface area contributed by atoms with Gasteiger partial charge in [0.05, 0.1) is 26.2 Å². The lowest BCUT2D eigenvalue weighted by molar-refractivity contribution is -0.173. The lowest BCUT2D eigenvalue weighted by Crippen LogP contribution is -2.59. The van der Waals surface area contributed by atoms with Crippen molar-refractivity contribution in [2.24, 2.45) is 5.73 Å². The molecule has 13 nitrogen and oxygen atoms in total. The smallest absolute Gasteiger partial charge is 0.341 e. The van der Waals surface area contributed by atoms with E-state index < -0.39 is 24.4 Å². The van der Waals surface area contributed by atoms with Gasteiger partial charge in [-0.05, 0) is 74.2 Å². The maximum atomic E-state index is 13.9. The van der Waals surface area contributed by atoms with Crippen LogP contribution in [0.25, 0.3) is 0 Å². The van der Waals surface area contributed by atoms with Crippen molar-refractivity contribution in [2.75, 3.05) is 49.1 Å². The number of carbonyl (C=O) groups excluding carboxylic acids is 5. The number of piperazine rings is 2. The maximum Gasteiger partial charge on any atom is 0.471 e. The first-order valence-corrected chi connectivity index (χ1v) is 25.6. The van der Waals surface area contributed by atoms with Gasteiger partial charge in [0.2, 0.25) is 0 Å². The number of alkyl halides is 3. The van der Waals surface area contributed by atoms with Crippen molar-refractivity contribution in [2.45, 2.75) is 84.2 Å². The number of anilines is 2. The summed E-state index contributed by atoms with van der Waals surface area (Å²) in [5.74, 6) is -2.91. The molecule has 2 aliphatic heterocycles. The molecule has 0 aromatic heterocycles. The first-order chi connectivity index (χ1) is 36.5. The van der Waals surface area contributed by atoms with E-state index in [1.165, 1.54) is 23.3 Å². The van der Waals surface area contributed by atoms with Gasteiger partial charge in [-0.25, -0.2) is 9.59 Å². The van der Waals surface area contributed by atoms with Gasteiger partial charge in [-0.15, -0.1) is 0 Å². The number of nitrogens with zero attached hydrogens (tertiary/aromatic N) is 6. The highest BCUT2D eigenvalue weighted by atomic mass is 19.4. The van der Waals surface area contributed by atoms with Crippen molar-refractivity contribution in [1.29, 1.82) is 0 Å². The average Bonchev–Trinajstić information content (AvgIpc) is 3.43. The second-order valence-electron chi connectivity index (χ2n) is 19.6. The van der Waals surface area contributed by atoms with Gasteiger partial charge in [0.15, 0.2) is 11.6 Å². The summed E-state index contributed by atoms with van der Waals surface area (Å²) in [6.45, 7) is 12.7. The van der Waals surface area contributed by atoms with Gasteiger partial charge in [0.1, 0.15) is 0 Å². The summed E-state index contributed by atoms with van der Waals surface area (Å²) < 4.78 is 37.2. The number of urea groups is 2. The highest BCUT2D eigenvalue weighted by molar-refractivity contribution is 6.00. The Kier molecular flexibility index (Phi) is 19.3. The molecule has 2 saturated heterocycles. The van der Waals surface area contributed by atoms with E-state index in [1.807, 2.05) is 112 Å². The first kappa shape index (κ1) is 56.1. The average molecular weight is 1040 g/mol. The topological polar surface area (TPSA) is 143 Å². The Morgan fingerprint density at radius 1 is 0.487 bits per heavy atom. The molecule has 3 N–H and O–H groups in total. The molecule has 0 spiro atoms. The Hall–Kier alpha value is -7.66. The van der Waals surface area contributed by atoms with Crippen LogP contribution in [0, 0.1) is 0 Å². The molecule has 2 aliphatic rings. The monoisotopic (exact) mass is 1040 g/mol. The predicted molar refractivity (Wildman–Crippen MR) is 291 cm³/mol. The van der Waals surface area contributed by atoms with Crippen LogP contribution in [-0.4, -0.2) is 119 Å². The fraction of sp³-hybridized carbons (Fsp3) is 0.317. The zero-order chi connectivity index (χ0) is 54.4. The van der Waals surface area contributed by atoms with Crippen LogP contribution in [0.5, 0.6) is 0 Å². The van der Waals surface area contributed by atoms with Gasteiger partial charge >= 0.3 is 24.1 Å². The van der Waals surface area contributed by atoms with E-state index in [-0.39, 0.29) is 60.7 Å². The molecule has 4 atom stereocenters. The number of carbonyl (C=O) groups is 5. The largest absolute Gasteiger partial charge is 0.471 e. The second kappa shape index (κ2) is 26.2. The Labute approximate surface area is 443 Å². The van der Waals surface area contributed by atoms with E-state index >= 15 is 0 Å². The zero-order valence-electron chi connectivity index (χ0n) is 43.5. The number of halogens is 3. The van der Waals surface area contributed by atoms with E-state index in [1.54, 1.807) is 34.5 Å². The number of nitrogens with one attached hydrogen (secondary N) is 1. The standard InChI is InChI=1S/C31H33F3N4O3.C29H34N4O2/c1-22-18-36(19-23(2)37(22)20-24-9-5-3-6-10-24)30(41)38(27-11-7-4-8-12-27)21-25-13-15-26(16-14-25)28(39)17-35-29(40)31(32,33)34;1-22-18-31(19-23(2)32(22)20-24-9-5-3-6-10-24)29(35)33(27-11-7-4-8-12-27)21-25-13-15-26(16-14-25)28(34)17-30/h3-16,22-23H,17-21H2,1-2H3,(H,35,40);3-16,22-23H,17-21,30H2,1-2H3/t2*22-,23+. The Bertz CT molecular complexity index is 2820. The molecule has 0 radical (unpaired) electrons. The van der Waals surface area contributed by atoms with E-state index in [4.69, 9.17) is 5.73 Å². The Balaban J connectivity index is 0.000000224. The van der Waals surface area contributed by atoms with E-state index in [2.05, 4.69) is 73.9 Å². The molecule has 2 fully saturated rings. The first-order valence-electron chi connectivity index (χ1n) is 25.6. The van der Waals surface area contributed by atoms with Crippen LogP contribution in [0.2, 0.25) is 0 Å². The van der Waals surface area contributed by atoms with Crippen LogP contribution in [0.4, 0.5) is 34.1 Å². The molecule has 16 heteroatoms. The summed E-state index contributed by atoms with van der Waals surface area (Å²) in [5, 5.41) is 1.59. The molecule has 6 aromatic rings. The Morgan fingerprint density at radius 2 is 0.816 bits per heavy atom. The van der Waals surface area contributed by atoms with Crippen molar-refractivity contribution in [3.05, 3.63) is 203 Å². The lowest BCUT2D eigenvalue weighted by Gasteiger charge is -2.45. The third-order valence-electron chi connectivity index (χ3n) is 13.8. The molecular formula is C60H67F3N8O5. The summed E-state index contributed by atoms with van der Waals surface area (Å²) in [5.41, 5.74) is 12.0. The number of para-hydroxylation sites is 2. The molecule has 0 saturated carbocycles. The minimum absolute atomic E-state index is 0.00336. The van der Waals surface area contributed by atoms with Gasteiger partial charge in [-0.3, -0.25) is 34.0 Å².